The predicted molar refractivity (Wildman–Crippen MR) is 84.7 cm³/mol. The molecule has 0 radical (unpaired) electrons. The van der Waals surface area contributed by atoms with Crippen molar-refractivity contribution in [3.8, 4) is 0 Å². The third kappa shape index (κ3) is 3.74. The molecule has 0 N–H and O–H groups in total. The molecule has 0 aliphatic carbocycles. The maximum absolute atomic E-state index is 12.8. The van der Waals surface area contributed by atoms with Crippen molar-refractivity contribution in [2.24, 2.45) is 5.92 Å². The van der Waals surface area contributed by atoms with Crippen LogP contribution in [0, 0.1) is 5.92 Å². The highest BCUT2D eigenvalue weighted by atomic mass is 19.1. The zero-order chi connectivity index (χ0) is 16.4. The van der Waals surface area contributed by atoms with Gasteiger partial charge in [-0.05, 0) is 12.8 Å². The highest BCUT2D eigenvalue weighted by Gasteiger charge is 2.35. The largest absolute Gasteiger partial charge is 0.444 e. The van der Waals surface area contributed by atoms with Gasteiger partial charge in [-0.1, -0.05) is 13.8 Å². The van der Waals surface area contributed by atoms with Crippen molar-refractivity contribution < 1.29 is 13.6 Å². The number of aromatic nitrogens is 1. The first kappa shape index (κ1) is 16.4. The Labute approximate surface area is 136 Å². The van der Waals surface area contributed by atoms with Crippen LogP contribution in [0.1, 0.15) is 50.7 Å². The van der Waals surface area contributed by atoms with E-state index in [4.69, 9.17) is 4.42 Å². The molecule has 1 unspecified atom stereocenters. The Kier molecular flexibility index (Phi) is 4.99. The van der Waals surface area contributed by atoms with Crippen LogP contribution in [-0.2, 0) is 11.3 Å². The molecule has 0 bridgehead atoms. The molecule has 1 aromatic heterocycles. The van der Waals surface area contributed by atoms with Gasteiger partial charge in [0.1, 0.15) is 5.76 Å². The number of amides is 1. The third-order valence-corrected chi connectivity index (χ3v) is 4.95. The number of nitrogens with zero attached hydrogens (tertiary/aromatic N) is 3. The molecular formula is C17H26FN3O2. The lowest BCUT2D eigenvalue weighted by molar-refractivity contribution is -0.130. The fourth-order valence-corrected chi connectivity index (χ4v) is 3.51. The van der Waals surface area contributed by atoms with Crippen LogP contribution in [0.3, 0.4) is 0 Å². The van der Waals surface area contributed by atoms with Crippen molar-refractivity contribution in [1.82, 2.24) is 14.8 Å². The Bertz CT molecular complexity index is 538. The lowest BCUT2D eigenvalue weighted by atomic mass is 10.0. The molecule has 2 fully saturated rings. The van der Waals surface area contributed by atoms with Gasteiger partial charge in [-0.25, -0.2) is 4.98 Å². The molecule has 1 amide bonds. The van der Waals surface area contributed by atoms with Gasteiger partial charge < -0.3 is 9.32 Å². The quantitative estimate of drug-likeness (QED) is 0.836. The molecular weight excluding hydrogens is 297 g/mol. The summed E-state index contributed by atoms with van der Waals surface area (Å²) in [5, 5.41) is 0. The van der Waals surface area contributed by atoms with Gasteiger partial charge in [0.25, 0.3) is 0 Å². The maximum atomic E-state index is 12.8. The fourth-order valence-electron chi connectivity index (χ4n) is 3.51. The lowest BCUT2D eigenvalue weighted by Gasteiger charge is -2.36. The van der Waals surface area contributed by atoms with E-state index in [0.29, 0.717) is 18.9 Å². The molecule has 2 aliphatic rings. The summed E-state index contributed by atoms with van der Waals surface area (Å²) in [7, 11) is 0. The van der Waals surface area contributed by atoms with E-state index >= 15 is 0 Å². The number of oxazole rings is 1. The van der Waals surface area contributed by atoms with Gasteiger partial charge in [0.2, 0.25) is 11.8 Å². The second-order valence-electron chi connectivity index (χ2n) is 7.09. The minimum Gasteiger partial charge on any atom is -0.444 e. The van der Waals surface area contributed by atoms with E-state index in [1.165, 1.54) is 0 Å². The smallest absolute Gasteiger partial charge is 0.223 e. The number of alkyl halides is 1. The second-order valence-corrected chi connectivity index (χ2v) is 7.09. The van der Waals surface area contributed by atoms with Gasteiger partial charge in [-0.15, -0.1) is 0 Å². The molecule has 2 saturated heterocycles. The Morgan fingerprint density at radius 1 is 1.39 bits per heavy atom. The Hall–Kier alpha value is -1.43. The summed E-state index contributed by atoms with van der Waals surface area (Å²) in [5.41, 5.74) is 0. The van der Waals surface area contributed by atoms with Gasteiger partial charge >= 0.3 is 0 Å². The first-order valence-corrected chi connectivity index (χ1v) is 8.59. The number of piperidine rings is 1. The summed E-state index contributed by atoms with van der Waals surface area (Å²) in [6.45, 7) is 6.96. The molecule has 0 aromatic carbocycles. The molecule has 0 saturated carbocycles. The van der Waals surface area contributed by atoms with E-state index < -0.39 is 0 Å². The first-order chi connectivity index (χ1) is 11.1. The molecule has 0 spiro atoms. The number of carbonyl (C=O) groups is 1. The maximum Gasteiger partial charge on any atom is 0.223 e. The number of rotatable bonds is 5. The van der Waals surface area contributed by atoms with Crippen molar-refractivity contribution in [2.75, 3.05) is 26.3 Å². The molecule has 6 heteroatoms. The van der Waals surface area contributed by atoms with Crippen LogP contribution in [0.5, 0.6) is 0 Å². The zero-order valence-electron chi connectivity index (χ0n) is 14.0. The summed E-state index contributed by atoms with van der Waals surface area (Å²) in [6, 6.07) is 0.270. The van der Waals surface area contributed by atoms with Gasteiger partial charge in [-0.2, -0.15) is 0 Å². The van der Waals surface area contributed by atoms with Crippen molar-refractivity contribution in [3.05, 3.63) is 17.8 Å². The molecule has 2 aliphatic heterocycles. The van der Waals surface area contributed by atoms with Crippen LogP contribution < -0.4 is 0 Å². The number of hydrogen-bond donors (Lipinski definition) is 0. The topological polar surface area (TPSA) is 49.6 Å². The van der Waals surface area contributed by atoms with E-state index in [1.807, 2.05) is 11.1 Å². The SMILES string of the molecule is CC(C)c1cnc(CN2CCC(N3CC(CF)CC3=O)CC2)o1. The molecule has 3 rings (SSSR count). The van der Waals surface area contributed by atoms with Crippen molar-refractivity contribution >= 4 is 5.91 Å². The minimum absolute atomic E-state index is 0.0951. The van der Waals surface area contributed by atoms with E-state index in [1.54, 1.807) is 0 Å². The second kappa shape index (κ2) is 6.99. The van der Waals surface area contributed by atoms with Crippen LogP contribution >= 0.6 is 0 Å². The molecule has 128 valence electrons. The van der Waals surface area contributed by atoms with Gasteiger partial charge in [0.15, 0.2) is 0 Å². The van der Waals surface area contributed by atoms with E-state index in [0.717, 1.165) is 44.1 Å². The molecule has 5 nitrogen and oxygen atoms in total. The van der Waals surface area contributed by atoms with Gasteiger partial charge in [0.05, 0.1) is 19.4 Å². The predicted octanol–water partition coefficient (Wildman–Crippen LogP) is 2.58. The third-order valence-electron chi connectivity index (χ3n) is 4.95. The Morgan fingerprint density at radius 3 is 2.70 bits per heavy atom. The Balaban J connectivity index is 1.49. The summed E-state index contributed by atoms with van der Waals surface area (Å²) < 4.78 is 18.5. The lowest BCUT2D eigenvalue weighted by Crippen LogP contribution is -2.45. The van der Waals surface area contributed by atoms with Crippen LogP contribution in [0.4, 0.5) is 4.39 Å². The monoisotopic (exact) mass is 323 g/mol. The van der Waals surface area contributed by atoms with Crippen LogP contribution in [-0.4, -0.2) is 53.0 Å². The number of likely N-dealkylation sites (tertiary alicyclic amines) is 2. The van der Waals surface area contributed by atoms with Gasteiger partial charge in [-0.3, -0.25) is 14.1 Å². The summed E-state index contributed by atoms with van der Waals surface area (Å²) in [5.74, 6) is 2.08. The summed E-state index contributed by atoms with van der Waals surface area (Å²) >= 11 is 0. The zero-order valence-corrected chi connectivity index (χ0v) is 14.0. The minimum atomic E-state index is -0.385. The first-order valence-electron chi connectivity index (χ1n) is 8.59. The number of hydrogen-bond acceptors (Lipinski definition) is 4. The molecule has 23 heavy (non-hydrogen) atoms. The highest BCUT2D eigenvalue weighted by molar-refractivity contribution is 5.79. The average Bonchev–Trinajstić information content (AvgIpc) is 3.15. The number of halogens is 1. The standard InChI is InChI=1S/C17H26FN3O2/c1-12(2)15-9-19-16(23-15)11-20-5-3-14(4-6-20)21-10-13(8-18)7-17(21)22/h9,12-14H,3-8,10-11H2,1-2H3. The van der Waals surface area contributed by atoms with E-state index in [2.05, 4.69) is 23.7 Å². The van der Waals surface area contributed by atoms with Gasteiger partial charge in [0, 0.05) is 43.9 Å². The normalized spacial score (nSPS) is 24.1. The van der Waals surface area contributed by atoms with E-state index in [9.17, 15) is 9.18 Å². The molecule has 3 heterocycles. The fraction of sp³-hybridized carbons (Fsp3) is 0.765. The summed E-state index contributed by atoms with van der Waals surface area (Å²) in [4.78, 5) is 20.6. The van der Waals surface area contributed by atoms with Crippen molar-refractivity contribution in [2.45, 2.75) is 51.6 Å². The van der Waals surface area contributed by atoms with E-state index in [-0.39, 0.29) is 24.5 Å². The van der Waals surface area contributed by atoms with Crippen molar-refractivity contribution in [3.63, 3.8) is 0 Å². The van der Waals surface area contributed by atoms with Crippen LogP contribution in [0.15, 0.2) is 10.6 Å². The van der Waals surface area contributed by atoms with Crippen molar-refractivity contribution in [1.29, 1.82) is 0 Å². The average molecular weight is 323 g/mol. The summed E-state index contributed by atoms with van der Waals surface area (Å²) in [6.07, 6.45) is 4.09. The Morgan fingerprint density at radius 2 is 2.13 bits per heavy atom. The van der Waals surface area contributed by atoms with Crippen LogP contribution in [0.25, 0.3) is 0 Å². The molecule has 1 aromatic rings. The van der Waals surface area contributed by atoms with Crippen LogP contribution in [0.2, 0.25) is 0 Å². The highest BCUT2D eigenvalue weighted by Crippen LogP contribution is 2.26. The number of carbonyl (C=O) groups excluding carboxylic acids is 1. The molecule has 1 atom stereocenters.